The van der Waals surface area contributed by atoms with Crippen LogP contribution in [0, 0.1) is 20.8 Å². The third-order valence-corrected chi connectivity index (χ3v) is 3.37. The molecule has 0 heterocycles. The van der Waals surface area contributed by atoms with Crippen LogP contribution in [0.3, 0.4) is 0 Å². The topological polar surface area (TPSA) is 49.5 Å². The molecule has 0 saturated heterocycles. The number of benzene rings is 1. The van der Waals surface area contributed by atoms with Crippen LogP contribution >= 0.6 is 0 Å². The molecule has 0 aromatic heterocycles. The Balaban J connectivity index is 3.23. The molecule has 3 heteroatoms. The van der Waals surface area contributed by atoms with Gasteiger partial charge in [-0.05, 0) is 57.1 Å². The smallest absolute Gasteiger partial charge is 0.0601 e. The molecule has 0 aliphatic carbocycles. The predicted octanol–water partition coefficient (Wildman–Crippen LogP) is 1.53. The Morgan fingerprint density at radius 1 is 1.12 bits per heavy atom. The summed E-state index contributed by atoms with van der Waals surface area (Å²) in [7, 11) is 3.99. The third kappa shape index (κ3) is 3.06. The van der Waals surface area contributed by atoms with Crippen molar-refractivity contribution in [1.82, 2.24) is 4.90 Å². The van der Waals surface area contributed by atoms with Crippen LogP contribution in [0.15, 0.2) is 12.1 Å². The van der Waals surface area contributed by atoms with Gasteiger partial charge in [-0.3, -0.25) is 0 Å². The number of aryl methyl sites for hydroxylation is 3. The van der Waals surface area contributed by atoms with Gasteiger partial charge in [-0.25, -0.2) is 0 Å². The second-order valence-corrected chi connectivity index (χ2v) is 5.05. The predicted molar refractivity (Wildman–Crippen MR) is 72.1 cm³/mol. The van der Waals surface area contributed by atoms with Gasteiger partial charge in [-0.1, -0.05) is 12.1 Å². The SMILES string of the molecule is Cc1cc(C)c(C(C(N)CO)N(C)C)cc1C. The molecule has 0 radical (unpaired) electrons. The van der Waals surface area contributed by atoms with Gasteiger partial charge in [-0.15, -0.1) is 0 Å². The summed E-state index contributed by atoms with van der Waals surface area (Å²) in [4.78, 5) is 2.07. The molecule has 17 heavy (non-hydrogen) atoms. The normalized spacial score (nSPS) is 15.1. The maximum Gasteiger partial charge on any atom is 0.0601 e. The van der Waals surface area contributed by atoms with E-state index in [1.165, 1.54) is 22.3 Å². The van der Waals surface area contributed by atoms with Crippen molar-refractivity contribution < 1.29 is 5.11 Å². The average Bonchev–Trinajstić information content (AvgIpc) is 2.25. The number of hydrogen-bond acceptors (Lipinski definition) is 3. The van der Waals surface area contributed by atoms with Crippen LogP contribution in [0.5, 0.6) is 0 Å². The summed E-state index contributed by atoms with van der Waals surface area (Å²) in [5.74, 6) is 0. The standard InChI is InChI=1S/C14H24N2O/c1-9-6-11(3)12(7-10(9)2)14(16(4)5)13(15)8-17/h6-7,13-14,17H,8,15H2,1-5H3. The Bertz CT molecular complexity index is 388. The average molecular weight is 236 g/mol. The lowest BCUT2D eigenvalue weighted by molar-refractivity contribution is 0.181. The van der Waals surface area contributed by atoms with Gasteiger partial charge in [0.25, 0.3) is 0 Å². The van der Waals surface area contributed by atoms with E-state index in [-0.39, 0.29) is 18.7 Å². The molecule has 0 aliphatic heterocycles. The molecule has 2 unspecified atom stereocenters. The lowest BCUT2D eigenvalue weighted by atomic mass is 9.91. The minimum absolute atomic E-state index is 0.00475. The van der Waals surface area contributed by atoms with Crippen LogP contribution in [0.25, 0.3) is 0 Å². The molecule has 96 valence electrons. The zero-order chi connectivity index (χ0) is 13.2. The van der Waals surface area contributed by atoms with Crippen molar-refractivity contribution in [3.05, 3.63) is 34.4 Å². The van der Waals surface area contributed by atoms with Gasteiger partial charge in [-0.2, -0.15) is 0 Å². The summed E-state index contributed by atoms with van der Waals surface area (Å²) in [5.41, 5.74) is 11.0. The number of aliphatic hydroxyl groups excluding tert-OH is 1. The molecule has 1 aromatic rings. The van der Waals surface area contributed by atoms with E-state index in [1.807, 2.05) is 14.1 Å². The first-order valence-corrected chi connectivity index (χ1v) is 5.99. The quantitative estimate of drug-likeness (QED) is 0.833. The first kappa shape index (κ1) is 14.2. The molecule has 0 spiro atoms. The van der Waals surface area contributed by atoms with E-state index < -0.39 is 0 Å². The van der Waals surface area contributed by atoms with Crippen LogP contribution in [0.2, 0.25) is 0 Å². The van der Waals surface area contributed by atoms with Gasteiger partial charge >= 0.3 is 0 Å². The number of aliphatic hydroxyl groups is 1. The molecule has 3 N–H and O–H groups in total. The maximum atomic E-state index is 9.28. The molecule has 0 bridgehead atoms. The summed E-state index contributed by atoms with van der Waals surface area (Å²) in [6.45, 7) is 6.32. The van der Waals surface area contributed by atoms with E-state index in [4.69, 9.17) is 5.73 Å². The fourth-order valence-corrected chi connectivity index (χ4v) is 2.29. The largest absolute Gasteiger partial charge is 0.395 e. The van der Waals surface area contributed by atoms with Crippen molar-refractivity contribution in [3.63, 3.8) is 0 Å². The van der Waals surface area contributed by atoms with Crippen molar-refractivity contribution in [3.8, 4) is 0 Å². The Hall–Kier alpha value is -0.900. The lowest BCUT2D eigenvalue weighted by Crippen LogP contribution is -2.40. The highest BCUT2D eigenvalue weighted by Gasteiger charge is 2.23. The van der Waals surface area contributed by atoms with E-state index >= 15 is 0 Å². The Labute approximate surface area is 104 Å². The van der Waals surface area contributed by atoms with Crippen molar-refractivity contribution in [2.45, 2.75) is 32.9 Å². The molecular formula is C14H24N2O. The minimum Gasteiger partial charge on any atom is -0.395 e. The monoisotopic (exact) mass is 236 g/mol. The summed E-state index contributed by atoms with van der Waals surface area (Å²) in [6.07, 6.45) is 0. The van der Waals surface area contributed by atoms with Gasteiger partial charge in [0.2, 0.25) is 0 Å². The van der Waals surface area contributed by atoms with Crippen molar-refractivity contribution in [2.24, 2.45) is 5.73 Å². The maximum absolute atomic E-state index is 9.28. The van der Waals surface area contributed by atoms with E-state index in [1.54, 1.807) is 0 Å². The summed E-state index contributed by atoms with van der Waals surface area (Å²) >= 11 is 0. The zero-order valence-electron chi connectivity index (χ0n) is 11.5. The molecule has 1 rings (SSSR count). The number of rotatable bonds is 4. The van der Waals surface area contributed by atoms with E-state index in [0.717, 1.165) is 0 Å². The molecule has 2 atom stereocenters. The number of hydrogen-bond donors (Lipinski definition) is 2. The highest BCUT2D eigenvalue weighted by atomic mass is 16.3. The molecule has 0 fully saturated rings. The van der Waals surface area contributed by atoms with Gasteiger partial charge in [0.1, 0.15) is 0 Å². The Kier molecular flexibility index (Phi) is 4.69. The second kappa shape index (κ2) is 5.63. The Morgan fingerprint density at radius 3 is 2.12 bits per heavy atom. The molecule has 0 amide bonds. The summed E-state index contributed by atoms with van der Waals surface area (Å²) in [5, 5.41) is 9.28. The molecule has 0 saturated carbocycles. The zero-order valence-corrected chi connectivity index (χ0v) is 11.5. The van der Waals surface area contributed by atoms with Crippen LogP contribution < -0.4 is 5.73 Å². The second-order valence-electron chi connectivity index (χ2n) is 5.05. The van der Waals surface area contributed by atoms with E-state index in [2.05, 4.69) is 37.8 Å². The molecule has 1 aromatic carbocycles. The van der Waals surface area contributed by atoms with Gasteiger partial charge < -0.3 is 15.7 Å². The first-order valence-electron chi connectivity index (χ1n) is 5.99. The van der Waals surface area contributed by atoms with E-state index in [9.17, 15) is 5.11 Å². The fraction of sp³-hybridized carbons (Fsp3) is 0.571. The molecule has 0 aliphatic rings. The minimum atomic E-state index is -0.259. The van der Waals surface area contributed by atoms with Crippen molar-refractivity contribution in [2.75, 3.05) is 20.7 Å². The van der Waals surface area contributed by atoms with Crippen molar-refractivity contribution >= 4 is 0 Å². The van der Waals surface area contributed by atoms with E-state index in [0.29, 0.717) is 0 Å². The van der Waals surface area contributed by atoms with Crippen LogP contribution in [-0.2, 0) is 0 Å². The highest BCUT2D eigenvalue weighted by Crippen LogP contribution is 2.26. The first-order chi connectivity index (χ1) is 7.88. The summed E-state index contributed by atoms with van der Waals surface area (Å²) in [6, 6.07) is 4.17. The number of likely N-dealkylation sites (N-methyl/N-ethyl adjacent to an activating group) is 1. The fourth-order valence-electron chi connectivity index (χ4n) is 2.29. The Morgan fingerprint density at radius 2 is 1.65 bits per heavy atom. The van der Waals surface area contributed by atoms with Gasteiger partial charge in [0.15, 0.2) is 0 Å². The molecular weight excluding hydrogens is 212 g/mol. The van der Waals surface area contributed by atoms with Crippen LogP contribution in [-0.4, -0.2) is 36.8 Å². The third-order valence-electron chi connectivity index (χ3n) is 3.37. The van der Waals surface area contributed by atoms with Gasteiger partial charge in [0, 0.05) is 6.04 Å². The number of nitrogens with two attached hydrogens (primary N) is 1. The summed E-state index contributed by atoms with van der Waals surface area (Å²) < 4.78 is 0. The van der Waals surface area contributed by atoms with Crippen molar-refractivity contribution in [1.29, 1.82) is 0 Å². The van der Waals surface area contributed by atoms with Crippen LogP contribution in [0.4, 0.5) is 0 Å². The van der Waals surface area contributed by atoms with Crippen LogP contribution in [0.1, 0.15) is 28.3 Å². The number of nitrogens with zero attached hydrogens (tertiary/aromatic N) is 1. The highest BCUT2D eigenvalue weighted by molar-refractivity contribution is 5.38. The lowest BCUT2D eigenvalue weighted by Gasteiger charge is -2.31. The van der Waals surface area contributed by atoms with Gasteiger partial charge in [0.05, 0.1) is 12.6 Å². The molecule has 3 nitrogen and oxygen atoms in total.